The topological polar surface area (TPSA) is 132 Å². The number of non-ortho nitro benzene ring substituents is 1. The van der Waals surface area contributed by atoms with Crippen LogP contribution in [0.25, 0.3) is 0 Å². The number of nitro groups is 1. The molecule has 0 unspecified atom stereocenters. The van der Waals surface area contributed by atoms with Crippen LogP contribution in [0.1, 0.15) is 31.2 Å². The maximum absolute atomic E-state index is 13.2. The van der Waals surface area contributed by atoms with Crippen LogP contribution in [0.2, 0.25) is 0 Å². The fourth-order valence-electron chi connectivity index (χ4n) is 3.56. The molecule has 0 saturated carbocycles. The smallest absolute Gasteiger partial charge is 0.258 e. The van der Waals surface area contributed by atoms with Gasteiger partial charge in [0.25, 0.3) is 15.7 Å². The summed E-state index contributed by atoms with van der Waals surface area (Å²) in [6.07, 6.45) is 1.67. The van der Waals surface area contributed by atoms with Crippen LogP contribution >= 0.6 is 0 Å². The maximum atomic E-state index is 13.2. The van der Waals surface area contributed by atoms with E-state index in [1.54, 1.807) is 0 Å². The molecule has 1 saturated heterocycles. The second-order valence-electron chi connectivity index (χ2n) is 7.21. The van der Waals surface area contributed by atoms with Crippen molar-refractivity contribution < 1.29 is 21.8 Å². The van der Waals surface area contributed by atoms with E-state index in [-0.39, 0.29) is 32.8 Å². The van der Waals surface area contributed by atoms with Crippen molar-refractivity contribution >= 4 is 25.7 Å². The Morgan fingerprint density at radius 3 is 2.48 bits per heavy atom. The Morgan fingerprint density at radius 1 is 1.17 bits per heavy atom. The number of nitrogens with zero attached hydrogens (tertiary/aromatic N) is 4. The number of piperidine rings is 1. The molecule has 158 valence electrons. The summed E-state index contributed by atoms with van der Waals surface area (Å²) in [6, 6.07) is 4.56. The van der Waals surface area contributed by atoms with Gasteiger partial charge in [0.05, 0.1) is 21.2 Å². The van der Waals surface area contributed by atoms with Crippen molar-refractivity contribution in [2.24, 2.45) is 5.92 Å². The van der Waals surface area contributed by atoms with Crippen LogP contribution in [0.3, 0.4) is 0 Å². The number of aromatic nitrogens is 2. The summed E-state index contributed by atoms with van der Waals surface area (Å²) in [5.74, 6) is 0.211. The van der Waals surface area contributed by atoms with Gasteiger partial charge in [-0.2, -0.15) is 21.9 Å². The second kappa shape index (κ2) is 7.50. The van der Waals surface area contributed by atoms with E-state index in [4.69, 9.17) is 0 Å². The summed E-state index contributed by atoms with van der Waals surface area (Å²) in [6.45, 7) is 5.51. The van der Waals surface area contributed by atoms with Gasteiger partial charge in [0.15, 0.2) is 0 Å². The molecule has 0 bridgehead atoms. The van der Waals surface area contributed by atoms with Crippen LogP contribution in [-0.2, 0) is 20.0 Å². The van der Waals surface area contributed by atoms with E-state index in [2.05, 4.69) is 5.10 Å². The van der Waals surface area contributed by atoms with Crippen molar-refractivity contribution in [3.05, 3.63) is 45.8 Å². The summed E-state index contributed by atoms with van der Waals surface area (Å²) in [4.78, 5) is 9.80. The molecule has 0 amide bonds. The molecule has 3 rings (SSSR count). The summed E-state index contributed by atoms with van der Waals surface area (Å²) in [5.41, 5.74) is -0.371. The molecule has 12 heteroatoms. The highest BCUT2D eigenvalue weighted by atomic mass is 32.2. The summed E-state index contributed by atoms with van der Waals surface area (Å²) in [7, 11) is -8.23. The lowest BCUT2D eigenvalue weighted by Gasteiger charge is -2.30. The van der Waals surface area contributed by atoms with Crippen molar-refractivity contribution in [1.82, 2.24) is 13.5 Å². The summed E-state index contributed by atoms with van der Waals surface area (Å²) in [5, 5.41) is 14.9. The van der Waals surface area contributed by atoms with Crippen LogP contribution in [0, 0.1) is 29.9 Å². The monoisotopic (exact) mass is 442 g/mol. The van der Waals surface area contributed by atoms with E-state index in [1.807, 2.05) is 6.92 Å². The number of benzene rings is 1. The number of hydrogen-bond donors (Lipinski definition) is 0. The predicted octanol–water partition coefficient (Wildman–Crippen LogP) is 2.07. The molecule has 1 aromatic heterocycles. The molecule has 1 aliphatic heterocycles. The number of aryl methyl sites for hydroxylation is 1. The SMILES string of the molecule is Cc1nn(S(=O)(=O)c2cccc([N+](=O)[O-])c2)c(C)c1S(=O)(=O)N1CCC[C@@H](C)C1. The minimum Gasteiger partial charge on any atom is -0.258 e. The first-order valence-electron chi connectivity index (χ1n) is 9.02. The van der Waals surface area contributed by atoms with Gasteiger partial charge in [-0.1, -0.05) is 13.0 Å². The van der Waals surface area contributed by atoms with E-state index in [9.17, 15) is 26.9 Å². The van der Waals surface area contributed by atoms with Gasteiger partial charge in [-0.25, -0.2) is 8.42 Å². The zero-order chi connectivity index (χ0) is 21.6. The average Bonchev–Trinajstić information content (AvgIpc) is 2.97. The third-order valence-corrected chi connectivity index (χ3v) is 8.74. The van der Waals surface area contributed by atoms with E-state index >= 15 is 0 Å². The zero-order valence-electron chi connectivity index (χ0n) is 16.3. The highest BCUT2D eigenvalue weighted by Crippen LogP contribution is 2.29. The Bertz CT molecular complexity index is 1170. The van der Waals surface area contributed by atoms with Crippen molar-refractivity contribution in [2.75, 3.05) is 13.1 Å². The van der Waals surface area contributed by atoms with Gasteiger partial charge < -0.3 is 0 Å². The lowest BCUT2D eigenvalue weighted by molar-refractivity contribution is -0.385. The van der Waals surface area contributed by atoms with Gasteiger partial charge in [0, 0.05) is 25.2 Å². The molecule has 1 atom stereocenters. The molecule has 0 N–H and O–H groups in total. The number of nitro benzene ring substituents is 1. The lowest BCUT2D eigenvalue weighted by Crippen LogP contribution is -2.39. The van der Waals surface area contributed by atoms with Crippen LogP contribution in [-0.4, -0.2) is 48.3 Å². The van der Waals surface area contributed by atoms with Crippen molar-refractivity contribution in [2.45, 2.75) is 43.4 Å². The Hall–Kier alpha value is -2.31. The van der Waals surface area contributed by atoms with Gasteiger partial charge in [-0.15, -0.1) is 0 Å². The summed E-state index contributed by atoms with van der Waals surface area (Å²) >= 11 is 0. The highest BCUT2D eigenvalue weighted by molar-refractivity contribution is 7.90. The lowest BCUT2D eigenvalue weighted by atomic mass is 10.0. The highest BCUT2D eigenvalue weighted by Gasteiger charge is 2.35. The van der Waals surface area contributed by atoms with Crippen LogP contribution in [0.5, 0.6) is 0 Å². The van der Waals surface area contributed by atoms with Gasteiger partial charge in [0.2, 0.25) is 10.0 Å². The quantitative estimate of drug-likeness (QED) is 0.511. The molecule has 0 spiro atoms. The van der Waals surface area contributed by atoms with Crippen molar-refractivity contribution in [1.29, 1.82) is 0 Å². The number of sulfonamides is 1. The minimum absolute atomic E-state index is 0.0489. The molecule has 2 heterocycles. The first-order valence-corrected chi connectivity index (χ1v) is 11.9. The van der Waals surface area contributed by atoms with E-state index in [0.29, 0.717) is 17.2 Å². The van der Waals surface area contributed by atoms with Crippen molar-refractivity contribution in [3.63, 3.8) is 0 Å². The van der Waals surface area contributed by atoms with E-state index < -0.39 is 25.0 Å². The third-order valence-electron chi connectivity index (χ3n) is 4.96. The number of rotatable bonds is 5. The molecule has 1 aromatic carbocycles. The largest absolute Gasteiger partial charge is 0.283 e. The Kier molecular flexibility index (Phi) is 5.54. The molecule has 0 aliphatic carbocycles. The van der Waals surface area contributed by atoms with Gasteiger partial charge in [-0.05, 0) is 38.7 Å². The zero-order valence-corrected chi connectivity index (χ0v) is 17.9. The first-order chi connectivity index (χ1) is 13.5. The fourth-order valence-corrected chi connectivity index (χ4v) is 6.98. The average molecular weight is 443 g/mol. The van der Waals surface area contributed by atoms with Crippen LogP contribution in [0.15, 0.2) is 34.1 Å². The Morgan fingerprint density at radius 2 is 1.86 bits per heavy atom. The standard InChI is InChI=1S/C17H22N4O6S2/c1-12-6-5-9-19(11-12)29(26,27)17-13(2)18-20(14(17)3)28(24,25)16-8-4-7-15(10-16)21(22)23/h4,7-8,10,12H,5-6,9,11H2,1-3H3/t12-/m1/s1. The molecule has 1 fully saturated rings. The third kappa shape index (κ3) is 3.79. The molecule has 29 heavy (non-hydrogen) atoms. The molecular formula is C17H22N4O6S2. The molecule has 2 aromatic rings. The van der Waals surface area contributed by atoms with Crippen molar-refractivity contribution in [3.8, 4) is 0 Å². The molecule has 1 aliphatic rings. The van der Waals surface area contributed by atoms with Gasteiger partial charge >= 0.3 is 0 Å². The van der Waals surface area contributed by atoms with E-state index in [1.165, 1.54) is 36.4 Å². The minimum atomic E-state index is -4.31. The molecule has 10 nitrogen and oxygen atoms in total. The number of hydrogen-bond acceptors (Lipinski definition) is 7. The van der Waals surface area contributed by atoms with E-state index in [0.717, 1.165) is 18.9 Å². The normalized spacial score (nSPS) is 18.7. The Labute approximate surface area is 169 Å². The second-order valence-corrected chi connectivity index (χ2v) is 10.9. The van der Waals surface area contributed by atoms with Gasteiger partial charge in [-0.3, -0.25) is 10.1 Å². The summed E-state index contributed by atoms with van der Waals surface area (Å²) < 4.78 is 54.4. The van der Waals surface area contributed by atoms with Crippen LogP contribution < -0.4 is 0 Å². The molecular weight excluding hydrogens is 420 g/mol. The van der Waals surface area contributed by atoms with Gasteiger partial charge in [0.1, 0.15) is 4.90 Å². The van der Waals surface area contributed by atoms with Crippen LogP contribution in [0.4, 0.5) is 5.69 Å². The Balaban J connectivity index is 2.10. The predicted molar refractivity (Wildman–Crippen MR) is 105 cm³/mol. The maximum Gasteiger partial charge on any atom is 0.283 e. The first kappa shape index (κ1) is 21.4. The fraction of sp³-hybridized carbons (Fsp3) is 0.471. The molecule has 0 radical (unpaired) electrons.